The van der Waals surface area contributed by atoms with E-state index in [4.69, 9.17) is 9.47 Å². The Morgan fingerprint density at radius 1 is 1.14 bits per heavy atom. The molecule has 0 aliphatic carbocycles. The molecule has 4 aromatic rings. The predicted octanol–water partition coefficient (Wildman–Crippen LogP) is 4.95. The molecule has 0 saturated carbocycles. The van der Waals surface area contributed by atoms with Gasteiger partial charge in [0.1, 0.15) is 17.1 Å². The number of aromatic amines is 1. The first-order chi connectivity index (χ1) is 17.4. The van der Waals surface area contributed by atoms with Crippen molar-refractivity contribution in [1.82, 2.24) is 20.1 Å². The highest BCUT2D eigenvalue weighted by Crippen LogP contribution is 2.47. The quantitative estimate of drug-likeness (QED) is 0.385. The lowest BCUT2D eigenvalue weighted by Gasteiger charge is -2.27. The third-order valence-corrected chi connectivity index (χ3v) is 6.44. The van der Waals surface area contributed by atoms with E-state index in [0.29, 0.717) is 41.6 Å². The van der Waals surface area contributed by atoms with Gasteiger partial charge < -0.3 is 19.5 Å². The maximum atomic E-state index is 13.7. The number of rotatable bonds is 7. The van der Waals surface area contributed by atoms with Crippen LogP contribution in [-0.2, 0) is 6.54 Å². The van der Waals surface area contributed by atoms with E-state index in [9.17, 15) is 9.90 Å². The number of amides is 1. The Morgan fingerprint density at radius 3 is 2.69 bits per heavy atom. The monoisotopic (exact) mass is 484 g/mol. The number of aryl methyl sites for hydroxylation is 2. The zero-order chi connectivity index (χ0) is 25.4. The summed E-state index contributed by atoms with van der Waals surface area (Å²) >= 11 is 0. The third-order valence-electron chi connectivity index (χ3n) is 6.44. The average Bonchev–Trinajstić information content (AvgIpc) is 3.41. The average molecular weight is 485 g/mol. The molecule has 3 heterocycles. The molecule has 5 rings (SSSR count). The van der Waals surface area contributed by atoms with Crippen LogP contribution in [0.25, 0.3) is 11.3 Å². The lowest BCUT2D eigenvalue weighted by Crippen LogP contribution is -2.29. The molecule has 0 radical (unpaired) electrons. The smallest absolute Gasteiger partial charge is 0.273 e. The second kappa shape index (κ2) is 9.37. The zero-order valence-corrected chi connectivity index (χ0v) is 20.7. The summed E-state index contributed by atoms with van der Waals surface area (Å²) in [6.45, 7) is 6.60. The molecule has 0 fully saturated rings. The van der Waals surface area contributed by atoms with Crippen molar-refractivity contribution in [3.8, 4) is 28.5 Å². The van der Waals surface area contributed by atoms with Crippen molar-refractivity contribution < 1.29 is 19.4 Å². The Labute approximate surface area is 209 Å². The molecule has 36 heavy (non-hydrogen) atoms. The molecule has 8 heteroatoms. The van der Waals surface area contributed by atoms with Gasteiger partial charge >= 0.3 is 0 Å². The second-order valence-corrected chi connectivity index (χ2v) is 8.88. The van der Waals surface area contributed by atoms with Crippen molar-refractivity contribution in [2.24, 2.45) is 0 Å². The first kappa shape index (κ1) is 23.4. The van der Waals surface area contributed by atoms with Crippen LogP contribution in [0.1, 0.15) is 51.3 Å². The molecule has 2 aromatic carbocycles. The first-order valence-corrected chi connectivity index (χ1v) is 11.8. The van der Waals surface area contributed by atoms with Crippen LogP contribution in [-0.4, -0.2) is 44.8 Å². The first-order valence-electron chi connectivity index (χ1n) is 11.8. The van der Waals surface area contributed by atoms with Gasteiger partial charge in [-0.2, -0.15) is 5.10 Å². The summed E-state index contributed by atoms with van der Waals surface area (Å²) in [5.74, 6) is 1.19. The molecule has 0 unspecified atom stereocenters. The number of carbonyl (C=O) groups is 1. The Balaban J connectivity index is 1.70. The largest absolute Gasteiger partial charge is 0.507 e. The van der Waals surface area contributed by atoms with Crippen molar-refractivity contribution in [3.63, 3.8) is 0 Å². The van der Waals surface area contributed by atoms with Crippen LogP contribution in [0.3, 0.4) is 0 Å². The van der Waals surface area contributed by atoms with E-state index in [2.05, 4.69) is 15.2 Å². The van der Waals surface area contributed by atoms with Gasteiger partial charge in [-0.1, -0.05) is 18.2 Å². The minimum absolute atomic E-state index is 0.149. The zero-order valence-electron chi connectivity index (χ0n) is 20.7. The van der Waals surface area contributed by atoms with Gasteiger partial charge in [0.25, 0.3) is 5.91 Å². The molecule has 0 bridgehead atoms. The second-order valence-electron chi connectivity index (χ2n) is 8.88. The number of methoxy groups -OCH3 is 1. The number of nitrogens with zero attached hydrogens (tertiary/aromatic N) is 3. The highest BCUT2D eigenvalue weighted by Gasteiger charge is 2.43. The predicted molar refractivity (Wildman–Crippen MR) is 135 cm³/mol. The fourth-order valence-electron chi connectivity index (χ4n) is 4.87. The van der Waals surface area contributed by atoms with Gasteiger partial charge in [-0.3, -0.25) is 14.9 Å². The number of pyridine rings is 1. The number of hydrogen-bond acceptors (Lipinski definition) is 6. The number of phenols is 1. The molecule has 2 N–H and O–H groups in total. The summed E-state index contributed by atoms with van der Waals surface area (Å²) in [6.07, 6.45) is 3.46. The van der Waals surface area contributed by atoms with Crippen LogP contribution < -0.4 is 9.47 Å². The fraction of sp³-hybridized carbons (Fsp3) is 0.250. The summed E-state index contributed by atoms with van der Waals surface area (Å²) in [5, 5.41) is 18.4. The Hall–Kier alpha value is -4.33. The SMILES string of the molecule is CCOc1ccc([C@@H]2c3c(-c4cc(C)cc(C)c4O)n[nH]c3C(=O)N2Cc2cccnc2)cc1OC. The van der Waals surface area contributed by atoms with Gasteiger partial charge in [0.05, 0.1) is 19.8 Å². The minimum Gasteiger partial charge on any atom is -0.507 e. The molecule has 1 amide bonds. The highest BCUT2D eigenvalue weighted by molar-refractivity contribution is 6.00. The summed E-state index contributed by atoms with van der Waals surface area (Å²) in [4.78, 5) is 19.7. The Bertz CT molecular complexity index is 1430. The van der Waals surface area contributed by atoms with E-state index in [1.165, 1.54) is 0 Å². The number of H-pyrrole nitrogens is 1. The van der Waals surface area contributed by atoms with Crippen molar-refractivity contribution in [3.05, 3.63) is 88.4 Å². The molecule has 184 valence electrons. The van der Waals surface area contributed by atoms with Crippen LogP contribution in [0.5, 0.6) is 17.2 Å². The van der Waals surface area contributed by atoms with Gasteiger partial charge in [-0.25, -0.2) is 0 Å². The molecular weight excluding hydrogens is 456 g/mol. The van der Waals surface area contributed by atoms with Crippen molar-refractivity contribution >= 4 is 5.91 Å². The maximum absolute atomic E-state index is 13.7. The summed E-state index contributed by atoms with van der Waals surface area (Å²) < 4.78 is 11.3. The molecule has 0 saturated heterocycles. The van der Waals surface area contributed by atoms with E-state index in [1.54, 1.807) is 24.4 Å². The number of ether oxygens (including phenoxy) is 2. The lowest BCUT2D eigenvalue weighted by atomic mass is 9.93. The molecule has 1 atom stereocenters. The number of aromatic nitrogens is 3. The van der Waals surface area contributed by atoms with Gasteiger partial charge in [-0.05, 0) is 67.3 Å². The van der Waals surface area contributed by atoms with Gasteiger partial charge in [-0.15, -0.1) is 0 Å². The molecule has 1 aliphatic heterocycles. The van der Waals surface area contributed by atoms with Crippen LogP contribution in [0.2, 0.25) is 0 Å². The highest BCUT2D eigenvalue weighted by atomic mass is 16.5. The number of benzene rings is 2. The van der Waals surface area contributed by atoms with Crippen molar-refractivity contribution in [1.29, 1.82) is 0 Å². The van der Waals surface area contributed by atoms with E-state index in [-0.39, 0.29) is 11.7 Å². The fourth-order valence-corrected chi connectivity index (χ4v) is 4.87. The lowest BCUT2D eigenvalue weighted by molar-refractivity contribution is 0.0729. The van der Waals surface area contributed by atoms with Crippen LogP contribution in [0, 0.1) is 13.8 Å². The minimum atomic E-state index is -0.466. The molecule has 1 aliphatic rings. The number of hydrogen-bond donors (Lipinski definition) is 2. The molecule has 8 nitrogen and oxygen atoms in total. The Morgan fingerprint density at radius 2 is 1.97 bits per heavy atom. The van der Waals surface area contributed by atoms with Crippen LogP contribution in [0.4, 0.5) is 0 Å². The number of phenolic OH excluding ortho intramolecular Hbond substituents is 1. The maximum Gasteiger partial charge on any atom is 0.273 e. The van der Waals surface area contributed by atoms with Crippen LogP contribution in [0.15, 0.2) is 54.9 Å². The number of aromatic hydroxyl groups is 1. The van der Waals surface area contributed by atoms with E-state index >= 15 is 0 Å². The molecule has 0 spiro atoms. The van der Waals surface area contributed by atoms with Gasteiger partial charge in [0.2, 0.25) is 0 Å². The van der Waals surface area contributed by atoms with Crippen LogP contribution >= 0.6 is 0 Å². The Kier molecular flexibility index (Phi) is 6.10. The van der Waals surface area contributed by atoms with Gasteiger partial charge in [0, 0.05) is 30.1 Å². The summed E-state index contributed by atoms with van der Waals surface area (Å²) in [5.41, 5.74) is 5.75. The summed E-state index contributed by atoms with van der Waals surface area (Å²) in [6, 6.07) is 12.8. The van der Waals surface area contributed by atoms with E-state index < -0.39 is 6.04 Å². The molecular formula is C28H28N4O4. The standard InChI is InChI=1S/C28H28N4O4/c1-5-36-21-9-8-19(13-22(21)35-4)26-23-24(20-12-16(2)11-17(3)27(20)33)30-31-25(23)28(34)32(26)15-18-7-6-10-29-14-18/h6-14,26,33H,5,15H2,1-4H3,(H,30,31)/t26-/m1/s1. The summed E-state index contributed by atoms with van der Waals surface area (Å²) in [7, 11) is 1.59. The van der Waals surface area contributed by atoms with E-state index in [0.717, 1.165) is 27.8 Å². The van der Waals surface area contributed by atoms with E-state index in [1.807, 2.05) is 63.2 Å². The number of carbonyl (C=O) groups excluding carboxylic acids is 1. The van der Waals surface area contributed by atoms with Crippen molar-refractivity contribution in [2.75, 3.05) is 13.7 Å². The third kappa shape index (κ3) is 3.94. The number of fused-ring (bicyclic) bond motifs is 1. The van der Waals surface area contributed by atoms with Crippen molar-refractivity contribution in [2.45, 2.75) is 33.4 Å². The number of nitrogens with one attached hydrogen (secondary N) is 1. The topological polar surface area (TPSA) is 101 Å². The van der Waals surface area contributed by atoms with Gasteiger partial charge in [0.15, 0.2) is 11.5 Å². The normalized spacial score (nSPS) is 14.7. The molecule has 2 aromatic heterocycles.